The highest BCUT2D eigenvalue weighted by molar-refractivity contribution is 5.86. The highest BCUT2D eigenvalue weighted by Crippen LogP contribution is 2.32. The molecule has 21 heavy (non-hydrogen) atoms. The lowest BCUT2D eigenvalue weighted by atomic mass is 9.89. The van der Waals surface area contributed by atoms with E-state index in [-0.39, 0.29) is 6.04 Å². The van der Waals surface area contributed by atoms with Gasteiger partial charge in [-0.1, -0.05) is 56.3 Å². The maximum absolute atomic E-state index is 9.77. The van der Waals surface area contributed by atoms with E-state index in [0.29, 0.717) is 11.8 Å². The Morgan fingerprint density at radius 1 is 1.05 bits per heavy atom. The minimum atomic E-state index is -0.138. The summed E-state index contributed by atoms with van der Waals surface area (Å²) in [4.78, 5) is 2.36. The second-order valence-corrected chi connectivity index (χ2v) is 6.50. The molecule has 2 heteroatoms. The molecule has 2 aromatic rings. The summed E-state index contributed by atoms with van der Waals surface area (Å²) in [5, 5.41) is 12.2. The predicted molar refractivity (Wildman–Crippen MR) is 86.8 cm³/mol. The van der Waals surface area contributed by atoms with Gasteiger partial charge in [0.25, 0.3) is 0 Å². The van der Waals surface area contributed by atoms with Gasteiger partial charge in [-0.15, -0.1) is 0 Å². The fourth-order valence-electron chi connectivity index (χ4n) is 3.76. The molecule has 3 rings (SSSR count). The van der Waals surface area contributed by atoms with E-state index in [9.17, 15) is 5.26 Å². The van der Waals surface area contributed by atoms with Gasteiger partial charge in [0.15, 0.2) is 0 Å². The van der Waals surface area contributed by atoms with Crippen LogP contribution in [0.1, 0.15) is 31.9 Å². The van der Waals surface area contributed by atoms with E-state index in [2.05, 4.69) is 67.3 Å². The van der Waals surface area contributed by atoms with Gasteiger partial charge in [-0.25, -0.2) is 0 Å². The van der Waals surface area contributed by atoms with Gasteiger partial charge in [-0.05, 0) is 34.6 Å². The normalized spacial score (nSPS) is 24.6. The Kier molecular flexibility index (Phi) is 3.94. The molecule has 108 valence electrons. The van der Waals surface area contributed by atoms with Gasteiger partial charge in [0, 0.05) is 13.1 Å². The van der Waals surface area contributed by atoms with Crippen molar-refractivity contribution in [2.75, 3.05) is 13.1 Å². The molecule has 1 aliphatic rings. The minimum Gasteiger partial charge on any atom is -0.284 e. The molecule has 0 bridgehead atoms. The third kappa shape index (κ3) is 2.80. The predicted octanol–water partition coefficient (Wildman–Crippen LogP) is 4.38. The largest absolute Gasteiger partial charge is 0.284 e. The van der Waals surface area contributed by atoms with Gasteiger partial charge >= 0.3 is 0 Å². The van der Waals surface area contributed by atoms with Crippen molar-refractivity contribution >= 4 is 10.8 Å². The van der Waals surface area contributed by atoms with Gasteiger partial charge in [-0.2, -0.15) is 5.26 Å². The number of rotatable bonds is 2. The molecule has 0 N–H and O–H groups in total. The molecule has 0 aliphatic carbocycles. The van der Waals surface area contributed by atoms with Crippen LogP contribution in [0.4, 0.5) is 0 Å². The first-order valence-corrected chi connectivity index (χ1v) is 7.80. The molecule has 1 heterocycles. The van der Waals surface area contributed by atoms with Crippen molar-refractivity contribution in [3.05, 3.63) is 48.0 Å². The van der Waals surface area contributed by atoms with Crippen LogP contribution >= 0.6 is 0 Å². The van der Waals surface area contributed by atoms with Crippen LogP contribution in [-0.2, 0) is 0 Å². The molecule has 0 amide bonds. The number of benzene rings is 2. The quantitative estimate of drug-likeness (QED) is 0.815. The summed E-state index contributed by atoms with van der Waals surface area (Å²) in [6, 6.07) is 17.1. The molecule has 0 spiro atoms. The van der Waals surface area contributed by atoms with Crippen LogP contribution in [0.15, 0.2) is 42.5 Å². The van der Waals surface area contributed by atoms with Crippen LogP contribution in [0.5, 0.6) is 0 Å². The van der Waals surface area contributed by atoms with Gasteiger partial charge < -0.3 is 0 Å². The standard InChI is InChI=1S/C19H22N2/c1-14-10-15(2)13-21(12-14)19(11-20)18-9-5-7-16-6-3-4-8-17(16)18/h3-9,14-15,19H,10,12-13H2,1-2H3. The highest BCUT2D eigenvalue weighted by Gasteiger charge is 2.29. The van der Waals surface area contributed by atoms with E-state index in [1.165, 1.54) is 17.2 Å². The van der Waals surface area contributed by atoms with E-state index in [0.717, 1.165) is 18.7 Å². The molecule has 3 unspecified atom stereocenters. The average molecular weight is 278 g/mol. The lowest BCUT2D eigenvalue weighted by Crippen LogP contribution is -2.40. The lowest BCUT2D eigenvalue weighted by Gasteiger charge is -2.37. The highest BCUT2D eigenvalue weighted by atomic mass is 15.2. The summed E-state index contributed by atoms with van der Waals surface area (Å²) >= 11 is 0. The van der Waals surface area contributed by atoms with Crippen molar-refractivity contribution in [2.24, 2.45) is 11.8 Å². The molecule has 1 aliphatic heterocycles. The fourth-order valence-corrected chi connectivity index (χ4v) is 3.76. The third-order valence-electron chi connectivity index (χ3n) is 4.50. The first kappa shape index (κ1) is 14.1. The van der Waals surface area contributed by atoms with E-state index >= 15 is 0 Å². The summed E-state index contributed by atoms with van der Waals surface area (Å²) in [5.41, 5.74) is 1.15. The maximum Gasteiger partial charge on any atom is 0.124 e. The van der Waals surface area contributed by atoms with Crippen LogP contribution in [0.25, 0.3) is 10.8 Å². The van der Waals surface area contributed by atoms with Gasteiger partial charge in [0.1, 0.15) is 6.04 Å². The van der Waals surface area contributed by atoms with Gasteiger partial charge in [0.2, 0.25) is 0 Å². The summed E-state index contributed by atoms with van der Waals surface area (Å²) in [6.45, 7) is 6.62. The Hall–Kier alpha value is -1.85. The smallest absolute Gasteiger partial charge is 0.124 e. The van der Waals surface area contributed by atoms with Crippen LogP contribution < -0.4 is 0 Å². The van der Waals surface area contributed by atoms with E-state index in [1.807, 2.05) is 0 Å². The third-order valence-corrected chi connectivity index (χ3v) is 4.50. The van der Waals surface area contributed by atoms with Crippen molar-refractivity contribution in [1.82, 2.24) is 4.90 Å². The van der Waals surface area contributed by atoms with E-state index in [4.69, 9.17) is 0 Å². The van der Waals surface area contributed by atoms with Crippen molar-refractivity contribution in [3.63, 3.8) is 0 Å². The van der Waals surface area contributed by atoms with Crippen LogP contribution in [0, 0.1) is 23.2 Å². The zero-order valence-corrected chi connectivity index (χ0v) is 12.8. The molecule has 0 saturated carbocycles. The summed E-state index contributed by atoms with van der Waals surface area (Å²) in [5.74, 6) is 1.33. The van der Waals surface area contributed by atoms with E-state index in [1.54, 1.807) is 0 Å². The topological polar surface area (TPSA) is 27.0 Å². The van der Waals surface area contributed by atoms with Crippen molar-refractivity contribution in [2.45, 2.75) is 26.3 Å². The Morgan fingerprint density at radius 2 is 1.71 bits per heavy atom. The number of hydrogen-bond acceptors (Lipinski definition) is 2. The van der Waals surface area contributed by atoms with E-state index < -0.39 is 0 Å². The summed E-state index contributed by atoms with van der Waals surface area (Å²) < 4.78 is 0. The lowest BCUT2D eigenvalue weighted by molar-refractivity contribution is 0.118. The molecular formula is C19H22N2. The molecule has 1 saturated heterocycles. The van der Waals surface area contributed by atoms with Crippen molar-refractivity contribution in [3.8, 4) is 6.07 Å². The molecule has 2 nitrogen and oxygen atoms in total. The minimum absolute atomic E-state index is 0.138. The SMILES string of the molecule is CC1CC(C)CN(C(C#N)c2cccc3ccccc23)C1. The van der Waals surface area contributed by atoms with Crippen LogP contribution in [0.3, 0.4) is 0 Å². The first-order valence-electron chi connectivity index (χ1n) is 7.80. The number of nitrogens with zero attached hydrogens (tertiary/aromatic N) is 2. The zero-order chi connectivity index (χ0) is 14.8. The van der Waals surface area contributed by atoms with Crippen LogP contribution in [-0.4, -0.2) is 18.0 Å². The summed E-state index contributed by atoms with van der Waals surface area (Å²) in [7, 11) is 0. The Labute approximate surface area is 127 Å². The van der Waals surface area contributed by atoms with Gasteiger partial charge in [0.05, 0.1) is 6.07 Å². The molecular weight excluding hydrogens is 256 g/mol. The Balaban J connectivity index is 2.01. The number of nitriles is 1. The molecule has 2 aromatic carbocycles. The first-order chi connectivity index (χ1) is 10.2. The van der Waals surface area contributed by atoms with Crippen molar-refractivity contribution in [1.29, 1.82) is 5.26 Å². The second-order valence-electron chi connectivity index (χ2n) is 6.50. The number of likely N-dealkylation sites (tertiary alicyclic amines) is 1. The second kappa shape index (κ2) is 5.87. The van der Waals surface area contributed by atoms with Gasteiger partial charge in [-0.3, -0.25) is 4.90 Å². The van der Waals surface area contributed by atoms with Crippen LogP contribution in [0.2, 0.25) is 0 Å². The van der Waals surface area contributed by atoms with Crippen molar-refractivity contribution < 1.29 is 0 Å². The number of hydrogen-bond donors (Lipinski definition) is 0. The Morgan fingerprint density at radius 3 is 2.43 bits per heavy atom. The number of piperidine rings is 1. The zero-order valence-electron chi connectivity index (χ0n) is 12.8. The maximum atomic E-state index is 9.77. The fraction of sp³-hybridized carbons (Fsp3) is 0.421. The molecule has 3 atom stereocenters. The number of fused-ring (bicyclic) bond motifs is 1. The summed E-state index contributed by atoms with van der Waals surface area (Å²) in [6.07, 6.45) is 1.27. The molecule has 1 fully saturated rings. The molecule has 0 aromatic heterocycles. The monoisotopic (exact) mass is 278 g/mol. The Bertz CT molecular complexity index is 655. The average Bonchev–Trinajstić information content (AvgIpc) is 2.47. The molecule has 0 radical (unpaired) electrons.